The first-order valence-corrected chi connectivity index (χ1v) is 8.41. The maximum atomic E-state index is 13.9. The molecule has 26 heavy (non-hydrogen) atoms. The molecule has 1 fully saturated rings. The molecule has 0 spiro atoms. The molecule has 1 aliphatic heterocycles. The largest absolute Gasteiger partial charge is 0.481 e. The molecule has 7 heteroatoms. The molecule has 6 nitrogen and oxygen atoms in total. The van der Waals surface area contributed by atoms with Crippen LogP contribution in [0.4, 0.5) is 4.39 Å². The number of hydrogen-bond donors (Lipinski definition) is 1. The summed E-state index contributed by atoms with van der Waals surface area (Å²) in [5, 5.41) is 9.22. The number of carbonyl (C=O) groups is 2. The Morgan fingerprint density at radius 2 is 2.00 bits per heavy atom. The normalized spacial score (nSPS) is 18.1. The number of carboxylic acid groups (broad SMARTS) is 1. The maximum absolute atomic E-state index is 13.9. The Labute approximate surface area is 150 Å². The molecule has 0 saturated carbocycles. The smallest absolute Gasteiger partial charge is 0.305 e. The van der Waals surface area contributed by atoms with Crippen LogP contribution >= 0.6 is 0 Å². The van der Waals surface area contributed by atoms with Crippen molar-refractivity contribution in [3.8, 4) is 0 Å². The summed E-state index contributed by atoms with van der Waals surface area (Å²) in [4.78, 5) is 31.6. The van der Waals surface area contributed by atoms with Crippen LogP contribution in [0.5, 0.6) is 0 Å². The van der Waals surface area contributed by atoms with Gasteiger partial charge in [0.25, 0.3) is 0 Å². The summed E-state index contributed by atoms with van der Waals surface area (Å²) in [5.41, 5.74) is 1.34. The van der Waals surface area contributed by atoms with Gasteiger partial charge < -0.3 is 10.0 Å². The molecule has 1 amide bonds. The standard InChI is InChI=1S/C19H20FN3O3/c20-16-6-2-1-5-15(16)13-23-9-8-22(12-14-4-3-7-21-11-14)17(19(23)26)10-18(24)25/h1-7,11,17H,8-10,12-13H2,(H,24,25). The molecule has 3 rings (SSSR count). The lowest BCUT2D eigenvalue weighted by atomic mass is 10.0. The Balaban J connectivity index is 1.76. The highest BCUT2D eigenvalue weighted by Gasteiger charge is 2.36. The van der Waals surface area contributed by atoms with E-state index in [4.69, 9.17) is 0 Å². The number of nitrogens with zero attached hydrogens (tertiary/aromatic N) is 3. The van der Waals surface area contributed by atoms with E-state index in [1.54, 1.807) is 36.7 Å². The van der Waals surface area contributed by atoms with E-state index in [0.717, 1.165) is 5.56 Å². The Hall–Kier alpha value is -2.80. The minimum Gasteiger partial charge on any atom is -0.481 e. The van der Waals surface area contributed by atoms with Crippen LogP contribution in [0.2, 0.25) is 0 Å². The third kappa shape index (κ3) is 4.23. The monoisotopic (exact) mass is 357 g/mol. The summed E-state index contributed by atoms with van der Waals surface area (Å²) in [6.07, 6.45) is 3.08. The molecule has 1 aliphatic rings. The van der Waals surface area contributed by atoms with Crippen molar-refractivity contribution in [1.82, 2.24) is 14.8 Å². The zero-order chi connectivity index (χ0) is 18.5. The van der Waals surface area contributed by atoms with E-state index in [1.165, 1.54) is 11.0 Å². The van der Waals surface area contributed by atoms with Gasteiger partial charge in [0.1, 0.15) is 11.9 Å². The van der Waals surface area contributed by atoms with E-state index in [1.807, 2.05) is 11.0 Å². The van der Waals surface area contributed by atoms with Gasteiger partial charge in [0.2, 0.25) is 5.91 Å². The molecule has 1 saturated heterocycles. The number of hydrogen-bond acceptors (Lipinski definition) is 4. The first-order chi connectivity index (χ1) is 12.5. The van der Waals surface area contributed by atoms with Crippen LogP contribution in [0.15, 0.2) is 48.8 Å². The Bertz CT molecular complexity index is 785. The Morgan fingerprint density at radius 3 is 2.69 bits per heavy atom. The number of aliphatic carboxylic acids is 1. The highest BCUT2D eigenvalue weighted by atomic mass is 19.1. The zero-order valence-electron chi connectivity index (χ0n) is 14.2. The van der Waals surface area contributed by atoms with E-state index in [0.29, 0.717) is 25.2 Å². The number of piperazine rings is 1. The summed E-state index contributed by atoms with van der Waals surface area (Å²) >= 11 is 0. The van der Waals surface area contributed by atoms with E-state index in [-0.39, 0.29) is 24.7 Å². The van der Waals surface area contributed by atoms with Crippen LogP contribution in [0.3, 0.4) is 0 Å². The number of amides is 1. The van der Waals surface area contributed by atoms with E-state index < -0.39 is 12.0 Å². The van der Waals surface area contributed by atoms with Crippen molar-refractivity contribution in [2.24, 2.45) is 0 Å². The van der Waals surface area contributed by atoms with Crippen LogP contribution in [-0.4, -0.2) is 50.9 Å². The highest BCUT2D eigenvalue weighted by Crippen LogP contribution is 2.20. The maximum Gasteiger partial charge on any atom is 0.305 e. The van der Waals surface area contributed by atoms with Gasteiger partial charge in [-0.05, 0) is 17.7 Å². The number of pyridine rings is 1. The van der Waals surface area contributed by atoms with Gasteiger partial charge in [0.15, 0.2) is 0 Å². The molecule has 0 bridgehead atoms. The van der Waals surface area contributed by atoms with Gasteiger partial charge in [-0.25, -0.2) is 4.39 Å². The second-order valence-electron chi connectivity index (χ2n) is 6.30. The van der Waals surface area contributed by atoms with E-state index in [2.05, 4.69) is 4.98 Å². The molecule has 0 radical (unpaired) electrons. The van der Waals surface area contributed by atoms with Gasteiger partial charge in [-0.2, -0.15) is 0 Å². The third-order valence-electron chi connectivity index (χ3n) is 4.49. The van der Waals surface area contributed by atoms with Crippen LogP contribution in [0.1, 0.15) is 17.5 Å². The van der Waals surface area contributed by atoms with Crippen molar-refractivity contribution < 1.29 is 19.1 Å². The lowest BCUT2D eigenvalue weighted by molar-refractivity contribution is -0.150. The van der Waals surface area contributed by atoms with Crippen LogP contribution in [-0.2, 0) is 22.7 Å². The molecular formula is C19H20FN3O3. The first kappa shape index (κ1) is 18.0. The number of carbonyl (C=O) groups excluding carboxylic acids is 1. The van der Waals surface area contributed by atoms with Crippen molar-refractivity contribution >= 4 is 11.9 Å². The van der Waals surface area contributed by atoms with Crippen molar-refractivity contribution in [3.63, 3.8) is 0 Å². The summed E-state index contributed by atoms with van der Waals surface area (Å²) in [6.45, 7) is 1.53. The average Bonchev–Trinajstić information content (AvgIpc) is 2.63. The fourth-order valence-corrected chi connectivity index (χ4v) is 3.17. The summed E-state index contributed by atoms with van der Waals surface area (Å²) in [7, 11) is 0. The predicted molar refractivity (Wildman–Crippen MR) is 92.5 cm³/mol. The number of halogens is 1. The number of benzene rings is 1. The molecule has 1 atom stereocenters. The van der Waals surface area contributed by atoms with Crippen LogP contribution in [0, 0.1) is 5.82 Å². The quantitative estimate of drug-likeness (QED) is 0.855. The van der Waals surface area contributed by atoms with Crippen molar-refractivity contribution in [2.75, 3.05) is 13.1 Å². The molecular weight excluding hydrogens is 337 g/mol. The molecule has 1 aromatic carbocycles. The van der Waals surface area contributed by atoms with Gasteiger partial charge in [-0.3, -0.25) is 19.5 Å². The summed E-state index contributed by atoms with van der Waals surface area (Å²) in [5.74, 6) is -1.69. The van der Waals surface area contributed by atoms with E-state index in [9.17, 15) is 19.1 Å². The van der Waals surface area contributed by atoms with Gasteiger partial charge in [0, 0.05) is 44.1 Å². The lowest BCUT2D eigenvalue weighted by Gasteiger charge is -2.40. The second kappa shape index (κ2) is 8.05. The minimum atomic E-state index is -1.03. The van der Waals surface area contributed by atoms with Gasteiger partial charge in [-0.15, -0.1) is 0 Å². The molecule has 1 unspecified atom stereocenters. The molecule has 1 N–H and O–H groups in total. The number of carboxylic acids is 1. The van der Waals surface area contributed by atoms with Crippen molar-refractivity contribution in [2.45, 2.75) is 25.6 Å². The average molecular weight is 357 g/mol. The van der Waals surface area contributed by atoms with Crippen molar-refractivity contribution in [1.29, 1.82) is 0 Å². The van der Waals surface area contributed by atoms with Crippen molar-refractivity contribution in [3.05, 3.63) is 65.7 Å². The van der Waals surface area contributed by atoms with Gasteiger partial charge >= 0.3 is 5.97 Å². The number of rotatable bonds is 6. The summed E-state index contributed by atoms with van der Waals surface area (Å²) < 4.78 is 13.9. The molecule has 1 aromatic heterocycles. The third-order valence-corrected chi connectivity index (χ3v) is 4.49. The molecule has 2 aromatic rings. The number of aromatic nitrogens is 1. The van der Waals surface area contributed by atoms with E-state index >= 15 is 0 Å². The SMILES string of the molecule is O=C(O)CC1C(=O)N(Cc2ccccc2F)CCN1Cc1cccnc1. The fraction of sp³-hybridized carbons (Fsp3) is 0.316. The topological polar surface area (TPSA) is 73.7 Å². The lowest BCUT2D eigenvalue weighted by Crippen LogP contribution is -2.56. The van der Waals surface area contributed by atoms with Gasteiger partial charge in [-0.1, -0.05) is 24.3 Å². The fourth-order valence-electron chi connectivity index (χ4n) is 3.17. The molecule has 2 heterocycles. The Kier molecular flexibility index (Phi) is 5.58. The Morgan fingerprint density at radius 1 is 1.19 bits per heavy atom. The zero-order valence-corrected chi connectivity index (χ0v) is 14.2. The summed E-state index contributed by atoms with van der Waals surface area (Å²) in [6, 6.07) is 9.23. The van der Waals surface area contributed by atoms with Crippen LogP contribution < -0.4 is 0 Å². The van der Waals surface area contributed by atoms with Crippen LogP contribution in [0.25, 0.3) is 0 Å². The highest BCUT2D eigenvalue weighted by molar-refractivity contribution is 5.86. The second-order valence-corrected chi connectivity index (χ2v) is 6.30. The van der Waals surface area contributed by atoms with Gasteiger partial charge in [0.05, 0.1) is 6.42 Å². The molecule has 0 aliphatic carbocycles. The molecule has 136 valence electrons. The first-order valence-electron chi connectivity index (χ1n) is 8.41. The minimum absolute atomic E-state index is 0.141. The predicted octanol–water partition coefficient (Wildman–Crippen LogP) is 1.91.